The molecule has 0 amide bonds. The van der Waals surface area contributed by atoms with E-state index in [1.807, 2.05) is 0 Å². The summed E-state index contributed by atoms with van der Waals surface area (Å²) in [6.45, 7) is 0.148. The van der Waals surface area contributed by atoms with E-state index in [0.717, 1.165) is 0 Å². The first-order valence-corrected chi connectivity index (χ1v) is 3.85. The van der Waals surface area contributed by atoms with Crippen LogP contribution in [0.25, 0.3) is 0 Å². The number of aliphatic hydroxyl groups is 1. The Balaban J connectivity index is 2.92. The molecule has 0 saturated heterocycles. The molecule has 0 radical (unpaired) electrons. The molecule has 0 saturated carbocycles. The molecule has 3 N–H and O–H groups in total. The van der Waals surface area contributed by atoms with Crippen LogP contribution < -0.4 is 5.73 Å². The van der Waals surface area contributed by atoms with Crippen LogP contribution >= 0.6 is 0 Å². The van der Waals surface area contributed by atoms with Crippen molar-refractivity contribution in [1.29, 1.82) is 0 Å². The van der Waals surface area contributed by atoms with Crippen molar-refractivity contribution in [3.63, 3.8) is 0 Å². The van der Waals surface area contributed by atoms with Gasteiger partial charge in [0.15, 0.2) is 0 Å². The summed E-state index contributed by atoms with van der Waals surface area (Å²) in [5, 5.41) is 8.86. The van der Waals surface area contributed by atoms with Gasteiger partial charge in [-0.05, 0) is 11.6 Å². The average molecular weight is 169 g/mol. The Morgan fingerprint density at radius 2 is 2.08 bits per heavy atom. The number of benzene rings is 1. The molecule has 1 rings (SSSR count). The van der Waals surface area contributed by atoms with Gasteiger partial charge in [0.2, 0.25) is 0 Å². The van der Waals surface area contributed by atoms with Crippen molar-refractivity contribution in [2.75, 3.05) is 13.2 Å². The van der Waals surface area contributed by atoms with Gasteiger partial charge in [-0.25, -0.2) is 4.39 Å². The topological polar surface area (TPSA) is 46.2 Å². The van der Waals surface area contributed by atoms with Crippen LogP contribution in [0.1, 0.15) is 11.5 Å². The third-order valence-electron chi connectivity index (χ3n) is 1.85. The van der Waals surface area contributed by atoms with Crippen LogP contribution in [0.5, 0.6) is 0 Å². The van der Waals surface area contributed by atoms with Gasteiger partial charge in [-0.15, -0.1) is 0 Å². The molecule has 1 unspecified atom stereocenters. The fourth-order valence-electron chi connectivity index (χ4n) is 1.11. The molecule has 0 bridgehead atoms. The predicted molar refractivity (Wildman–Crippen MR) is 45.3 cm³/mol. The summed E-state index contributed by atoms with van der Waals surface area (Å²) in [5.74, 6) is -0.590. The van der Waals surface area contributed by atoms with E-state index in [-0.39, 0.29) is 24.9 Å². The lowest BCUT2D eigenvalue weighted by molar-refractivity contribution is 0.265. The lowest BCUT2D eigenvalue weighted by Gasteiger charge is -2.11. The predicted octanol–water partition coefficient (Wildman–Crippen LogP) is 0.860. The molecule has 0 spiro atoms. The van der Waals surface area contributed by atoms with Gasteiger partial charge < -0.3 is 10.8 Å². The molecule has 0 aliphatic rings. The van der Waals surface area contributed by atoms with Crippen molar-refractivity contribution >= 4 is 0 Å². The smallest absolute Gasteiger partial charge is 0.126 e. The third kappa shape index (κ3) is 1.81. The van der Waals surface area contributed by atoms with Gasteiger partial charge in [-0.3, -0.25) is 0 Å². The van der Waals surface area contributed by atoms with Crippen LogP contribution in [-0.4, -0.2) is 18.3 Å². The summed E-state index contributed by atoms with van der Waals surface area (Å²) in [6.07, 6.45) is 0. The second-order valence-corrected chi connectivity index (χ2v) is 2.64. The molecule has 1 aromatic carbocycles. The Kier molecular flexibility index (Phi) is 3.19. The maximum atomic E-state index is 13.0. The number of rotatable bonds is 3. The summed E-state index contributed by atoms with van der Waals surface area (Å²) in [5.41, 5.74) is 5.85. The maximum Gasteiger partial charge on any atom is 0.126 e. The second kappa shape index (κ2) is 4.18. The average Bonchev–Trinajstić information content (AvgIpc) is 2.10. The van der Waals surface area contributed by atoms with E-state index in [1.165, 1.54) is 6.07 Å². The number of halogens is 1. The normalized spacial score (nSPS) is 12.9. The van der Waals surface area contributed by atoms with Gasteiger partial charge in [0.05, 0.1) is 6.61 Å². The minimum Gasteiger partial charge on any atom is -0.396 e. The number of hydrogen-bond acceptors (Lipinski definition) is 2. The van der Waals surface area contributed by atoms with Gasteiger partial charge in [-0.2, -0.15) is 0 Å². The summed E-state index contributed by atoms with van der Waals surface area (Å²) >= 11 is 0. The molecule has 1 aromatic rings. The number of hydrogen-bond donors (Lipinski definition) is 2. The van der Waals surface area contributed by atoms with Gasteiger partial charge in [0.25, 0.3) is 0 Å². The highest BCUT2D eigenvalue weighted by molar-refractivity contribution is 5.21. The fourth-order valence-corrected chi connectivity index (χ4v) is 1.11. The number of aliphatic hydroxyl groups excluding tert-OH is 1. The Labute approximate surface area is 70.8 Å². The van der Waals surface area contributed by atoms with Crippen LogP contribution in [0.3, 0.4) is 0 Å². The Hall–Kier alpha value is -0.930. The summed E-state index contributed by atoms with van der Waals surface area (Å²) < 4.78 is 13.0. The zero-order chi connectivity index (χ0) is 8.97. The quantitative estimate of drug-likeness (QED) is 0.705. The highest BCUT2D eigenvalue weighted by atomic mass is 19.1. The molecule has 0 aliphatic carbocycles. The van der Waals surface area contributed by atoms with Crippen molar-refractivity contribution in [3.05, 3.63) is 35.6 Å². The van der Waals surface area contributed by atoms with Crippen LogP contribution in [-0.2, 0) is 0 Å². The molecule has 12 heavy (non-hydrogen) atoms. The van der Waals surface area contributed by atoms with E-state index in [2.05, 4.69) is 0 Å². The van der Waals surface area contributed by atoms with E-state index in [4.69, 9.17) is 10.8 Å². The molecule has 0 aromatic heterocycles. The first kappa shape index (κ1) is 9.16. The van der Waals surface area contributed by atoms with Gasteiger partial charge in [-0.1, -0.05) is 18.2 Å². The molecule has 3 heteroatoms. The first-order valence-electron chi connectivity index (χ1n) is 3.85. The summed E-state index contributed by atoms with van der Waals surface area (Å²) in [7, 11) is 0. The van der Waals surface area contributed by atoms with Crippen molar-refractivity contribution in [1.82, 2.24) is 0 Å². The highest BCUT2D eigenvalue weighted by Gasteiger charge is 2.11. The van der Waals surface area contributed by atoms with Crippen LogP contribution in [0.2, 0.25) is 0 Å². The molecule has 0 fully saturated rings. The van der Waals surface area contributed by atoms with E-state index in [0.29, 0.717) is 5.56 Å². The minimum absolute atomic E-state index is 0.114. The van der Waals surface area contributed by atoms with E-state index in [9.17, 15) is 4.39 Å². The van der Waals surface area contributed by atoms with Crippen molar-refractivity contribution in [3.8, 4) is 0 Å². The molecule has 0 heterocycles. The Bertz CT molecular complexity index is 248. The van der Waals surface area contributed by atoms with Crippen LogP contribution in [0, 0.1) is 5.82 Å². The molecule has 0 aliphatic heterocycles. The second-order valence-electron chi connectivity index (χ2n) is 2.64. The van der Waals surface area contributed by atoms with E-state index < -0.39 is 0 Å². The molecule has 1 atom stereocenters. The molecule has 2 nitrogen and oxygen atoms in total. The monoisotopic (exact) mass is 169 g/mol. The van der Waals surface area contributed by atoms with Gasteiger partial charge in [0.1, 0.15) is 5.82 Å². The molecular weight excluding hydrogens is 157 g/mol. The SMILES string of the molecule is NCC(CO)c1ccccc1F. The van der Waals surface area contributed by atoms with Gasteiger partial charge in [0, 0.05) is 12.5 Å². The third-order valence-corrected chi connectivity index (χ3v) is 1.85. The van der Waals surface area contributed by atoms with Crippen LogP contribution in [0.15, 0.2) is 24.3 Å². The van der Waals surface area contributed by atoms with Crippen LogP contribution in [0.4, 0.5) is 4.39 Å². The Morgan fingerprint density at radius 1 is 1.42 bits per heavy atom. The zero-order valence-corrected chi connectivity index (χ0v) is 6.70. The lowest BCUT2D eigenvalue weighted by Crippen LogP contribution is -2.17. The largest absolute Gasteiger partial charge is 0.396 e. The highest BCUT2D eigenvalue weighted by Crippen LogP contribution is 2.16. The van der Waals surface area contributed by atoms with Crippen molar-refractivity contribution in [2.45, 2.75) is 5.92 Å². The Morgan fingerprint density at radius 3 is 2.58 bits per heavy atom. The summed E-state index contributed by atoms with van der Waals surface area (Å²) in [6, 6.07) is 6.36. The first-order chi connectivity index (χ1) is 5.79. The molecular formula is C9H12FNO. The maximum absolute atomic E-state index is 13.0. The van der Waals surface area contributed by atoms with Gasteiger partial charge >= 0.3 is 0 Å². The van der Waals surface area contributed by atoms with E-state index in [1.54, 1.807) is 18.2 Å². The fraction of sp³-hybridized carbons (Fsp3) is 0.333. The van der Waals surface area contributed by atoms with Crippen molar-refractivity contribution < 1.29 is 9.50 Å². The zero-order valence-electron chi connectivity index (χ0n) is 6.70. The van der Waals surface area contributed by atoms with E-state index >= 15 is 0 Å². The standard InChI is InChI=1S/C9H12FNO/c10-9-4-2-1-3-8(9)7(5-11)6-12/h1-4,7,12H,5-6,11H2. The minimum atomic E-state index is -0.304. The lowest BCUT2D eigenvalue weighted by atomic mass is 10.00. The molecule has 66 valence electrons. The van der Waals surface area contributed by atoms with Crippen molar-refractivity contribution in [2.24, 2.45) is 5.73 Å². The summed E-state index contributed by atoms with van der Waals surface area (Å²) in [4.78, 5) is 0. The number of nitrogens with two attached hydrogens (primary N) is 1.